The van der Waals surface area contributed by atoms with Gasteiger partial charge in [-0.2, -0.15) is 0 Å². The van der Waals surface area contributed by atoms with Crippen LogP contribution in [-0.2, 0) is 11.3 Å². The van der Waals surface area contributed by atoms with Crippen molar-refractivity contribution >= 4 is 17.5 Å². The molecule has 0 N–H and O–H groups in total. The number of halogens is 1. The van der Waals surface area contributed by atoms with Gasteiger partial charge >= 0.3 is 0 Å². The van der Waals surface area contributed by atoms with E-state index in [1.165, 1.54) is 0 Å². The van der Waals surface area contributed by atoms with Crippen molar-refractivity contribution in [3.8, 4) is 11.5 Å². The van der Waals surface area contributed by atoms with Crippen LogP contribution in [0.2, 0.25) is 0 Å². The Kier molecular flexibility index (Phi) is 6.50. The van der Waals surface area contributed by atoms with Crippen molar-refractivity contribution in [2.24, 2.45) is 0 Å². The van der Waals surface area contributed by atoms with E-state index in [0.717, 1.165) is 17.7 Å². The molecule has 0 unspecified atom stereocenters. The van der Waals surface area contributed by atoms with Crippen LogP contribution in [0.3, 0.4) is 0 Å². The highest BCUT2D eigenvalue weighted by Crippen LogP contribution is 2.25. The predicted octanol–water partition coefficient (Wildman–Crippen LogP) is 2.68. The summed E-state index contributed by atoms with van der Waals surface area (Å²) in [4.78, 5) is 13.5. The van der Waals surface area contributed by atoms with Gasteiger partial charge in [-0.05, 0) is 18.6 Å². The molecule has 0 aromatic heterocycles. The van der Waals surface area contributed by atoms with Crippen LogP contribution in [0.25, 0.3) is 0 Å². The topological polar surface area (TPSA) is 38.8 Å². The lowest BCUT2D eigenvalue weighted by atomic mass is 10.1. The van der Waals surface area contributed by atoms with Gasteiger partial charge < -0.3 is 14.4 Å². The third-order valence-electron chi connectivity index (χ3n) is 2.82. The van der Waals surface area contributed by atoms with Crippen LogP contribution in [0.15, 0.2) is 18.2 Å². The smallest absolute Gasteiger partial charge is 0.237 e. The summed E-state index contributed by atoms with van der Waals surface area (Å²) >= 11 is 5.63. The van der Waals surface area contributed by atoms with Gasteiger partial charge in [0, 0.05) is 24.7 Å². The summed E-state index contributed by atoms with van der Waals surface area (Å²) < 4.78 is 10.5. The average Bonchev–Trinajstić information content (AvgIpc) is 2.46. The molecule has 0 fully saturated rings. The summed E-state index contributed by atoms with van der Waals surface area (Å²) in [5.41, 5.74) is 0.940. The fourth-order valence-corrected chi connectivity index (χ4v) is 2.00. The number of methoxy groups -OCH3 is 2. The molecule has 0 aliphatic heterocycles. The Morgan fingerprint density at radius 3 is 2.58 bits per heavy atom. The van der Waals surface area contributed by atoms with E-state index in [2.05, 4.69) is 0 Å². The molecular formula is C14H20ClNO3. The molecule has 0 aliphatic carbocycles. The summed E-state index contributed by atoms with van der Waals surface area (Å²) in [6.07, 6.45) is 0.890. The molecular weight excluding hydrogens is 266 g/mol. The van der Waals surface area contributed by atoms with Gasteiger partial charge in [0.05, 0.1) is 14.2 Å². The summed E-state index contributed by atoms with van der Waals surface area (Å²) in [7, 11) is 3.21. The molecule has 0 spiro atoms. The molecule has 0 bridgehead atoms. The summed E-state index contributed by atoms with van der Waals surface area (Å²) in [6, 6.07) is 5.57. The van der Waals surface area contributed by atoms with Gasteiger partial charge in [0.25, 0.3) is 0 Å². The number of hydrogen-bond acceptors (Lipinski definition) is 3. The molecule has 1 aromatic carbocycles. The van der Waals surface area contributed by atoms with Crippen LogP contribution in [0, 0.1) is 0 Å². The van der Waals surface area contributed by atoms with Gasteiger partial charge in [-0.3, -0.25) is 4.79 Å². The Hall–Kier alpha value is -1.42. The normalized spacial score (nSPS) is 10.1. The number of benzene rings is 1. The minimum Gasteiger partial charge on any atom is -0.497 e. The second-order valence-corrected chi connectivity index (χ2v) is 4.39. The zero-order valence-corrected chi connectivity index (χ0v) is 12.4. The van der Waals surface area contributed by atoms with Crippen molar-refractivity contribution in [3.05, 3.63) is 23.8 Å². The summed E-state index contributed by atoms with van der Waals surface area (Å²) in [5, 5.41) is 0. The maximum Gasteiger partial charge on any atom is 0.237 e. The molecule has 0 radical (unpaired) electrons. The second kappa shape index (κ2) is 7.89. The van der Waals surface area contributed by atoms with Gasteiger partial charge in [0.2, 0.25) is 5.91 Å². The Balaban J connectivity index is 2.92. The first-order chi connectivity index (χ1) is 9.15. The molecule has 0 heterocycles. The molecule has 1 rings (SSSR count). The number of rotatable bonds is 7. The van der Waals surface area contributed by atoms with E-state index in [1.807, 2.05) is 25.1 Å². The Morgan fingerprint density at radius 2 is 2.05 bits per heavy atom. The first kappa shape index (κ1) is 15.6. The lowest BCUT2D eigenvalue weighted by Gasteiger charge is -2.22. The van der Waals surface area contributed by atoms with Crippen molar-refractivity contribution in [2.45, 2.75) is 19.9 Å². The van der Waals surface area contributed by atoms with E-state index in [0.29, 0.717) is 18.8 Å². The predicted molar refractivity (Wildman–Crippen MR) is 76.0 cm³/mol. The van der Waals surface area contributed by atoms with Crippen LogP contribution in [0.5, 0.6) is 11.5 Å². The number of hydrogen-bond donors (Lipinski definition) is 0. The Morgan fingerprint density at radius 1 is 1.32 bits per heavy atom. The standard InChI is InChI=1S/C14H20ClNO3/c1-4-7-16(14(17)9-15)10-11-5-6-12(18-2)8-13(11)19-3/h5-6,8H,4,7,9-10H2,1-3H3. The van der Waals surface area contributed by atoms with Crippen LogP contribution in [-0.4, -0.2) is 37.5 Å². The van der Waals surface area contributed by atoms with E-state index in [-0.39, 0.29) is 11.8 Å². The first-order valence-electron chi connectivity index (χ1n) is 6.20. The van der Waals surface area contributed by atoms with Gasteiger partial charge in [0.1, 0.15) is 17.4 Å². The number of alkyl halides is 1. The number of amides is 1. The van der Waals surface area contributed by atoms with Gasteiger partial charge in [-0.25, -0.2) is 0 Å². The second-order valence-electron chi connectivity index (χ2n) is 4.13. The van der Waals surface area contributed by atoms with E-state index < -0.39 is 0 Å². The fraction of sp³-hybridized carbons (Fsp3) is 0.500. The van der Waals surface area contributed by atoms with Crippen molar-refractivity contribution < 1.29 is 14.3 Å². The molecule has 1 aromatic rings. The number of nitrogens with zero attached hydrogens (tertiary/aromatic N) is 1. The number of carbonyl (C=O) groups excluding carboxylic acids is 1. The minimum absolute atomic E-state index is 0.00152. The molecule has 106 valence electrons. The molecule has 0 aliphatic rings. The van der Waals surface area contributed by atoms with Crippen LogP contribution in [0.4, 0.5) is 0 Å². The maximum atomic E-state index is 11.8. The van der Waals surface area contributed by atoms with Gasteiger partial charge in [-0.15, -0.1) is 11.6 Å². The highest BCUT2D eigenvalue weighted by Gasteiger charge is 2.14. The zero-order chi connectivity index (χ0) is 14.3. The Labute approximate surface area is 119 Å². The Bertz CT molecular complexity index is 423. The van der Waals surface area contributed by atoms with E-state index in [9.17, 15) is 4.79 Å². The highest BCUT2D eigenvalue weighted by molar-refractivity contribution is 6.27. The molecule has 0 saturated heterocycles. The van der Waals surface area contributed by atoms with Crippen molar-refractivity contribution in [1.82, 2.24) is 4.90 Å². The largest absolute Gasteiger partial charge is 0.497 e. The quantitative estimate of drug-likeness (QED) is 0.723. The third-order valence-corrected chi connectivity index (χ3v) is 3.04. The summed E-state index contributed by atoms with van der Waals surface area (Å²) in [5.74, 6) is 1.37. The highest BCUT2D eigenvalue weighted by atomic mass is 35.5. The average molecular weight is 286 g/mol. The minimum atomic E-state index is -0.0682. The van der Waals surface area contributed by atoms with Gasteiger partial charge in [-0.1, -0.05) is 6.92 Å². The third kappa shape index (κ3) is 4.31. The SMILES string of the molecule is CCCN(Cc1ccc(OC)cc1OC)C(=O)CCl. The number of carbonyl (C=O) groups is 1. The fourth-order valence-electron chi connectivity index (χ4n) is 1.83. The van der Waals surface area contributed by atoms with Crippen LogP contribution >= 0.6 is 11.6 Å². The number of ether oxygens (including phenoxy) is 2. The van der Waals surface area contributed by atoms with Crippen molar-refractivity contribution in [2.75, 3.05) is 26.6 Å². The van der Waals surface area contributed by atoms with E-state index in [4.69, 9.17) is 21.1 Å². The molecule has 0 saturated carbocycles. The molecule has 4 nitrogen and oxygen atoms in total. The molecule has 5 heteroatoms. The molecule has 19 heavy (non-hydrogen) atoms. The van der Waals surface area contributed by atoms with E-state index in [1.54, 1.807) is 19.1 Å². The molecule has 1 amide bonds. The van der Waals surface area contributed by atoms with Crippen LogP contribution < -0.4 is 9.47 Å². The van der Waals surface area contributed by atoms with E-state index >= 15 is 0 Å². The summed E-state index contributed by atoms with van der Waals surface area (Å²) in [6.45, 7) is 3.20. The molecule has 0 atom stereocenters. The zero-order valence-electron chi connectivity index (χ0n) is 11.6. The lowest BCUT2D eigenvalue weighted by molar-refractivity contribution is -0.129. The first-order valence-corrected chi connectivity index (χ1v) is 6.74. The van der Waals surface area contributed by atoms with Gasteiger partial charge in [0.15, 0.2) is 0 Å². The van der Waals surface area contributed by atoms with Crippen molar-refractivity contribution in [1.29, 1.82) is 0 Å². The monoisotopic (exact) mass is 285 g/mol. The lowest BCUT2D eigenvalue weighted by Crippen LogP contribution is -2.32. The van der Waals surface area contributed by atoms with Crippen molar-refractivity contribution in [3.63, 3.8) is 0 Å². The maximum absolute atomic E-state index is 11.8. The van der Waals surface area contributed by atoms with Crippen LogP contribution in [0.1, 0.15) is 18.9 Å².